The van der Waals surface area contributed by atoms with Crippen molar-refractivity contribution in [2.45, 2.75) is 6.54 Å². The third-order valence-corrected chi connectivity index (χ3v) is 2.51. The molecule has 0 aliphatic rings. The Bertz CT molecular complexity index is 264. The van der Waals surface area contributed by atoms with Crippen LogP contribution in [0.3, 0.4) is 0 Å². The molecule has 1 aromatic heterocycles. The lowest BCUT2D eigenvalue weighted by Crippen LogP contribution is -2.31. The van der Waals surface area contributed by atoms with Crippen molar-refractivity contribution in [1.29, 1.82) is 0 Å². The molecule has 1 N–H and O–H groups in total. The summed E-state index contributed by atoms with van der Waals surface area (Å²) < 4.78 is 0.768. The van der Waals surface area contributed by atoms with Gasteiger partial charge in [0.2, 0.25) is 6.41 Å². The molecule has 1 amide bonds. The van der Waals surface area contributed by atoms with E-state index in [1.165, 1.54) is 11.3 Å². The Labute approximate surface area is 79.9 Å². The molecular formula is C7H9ClN2OS. The van der Waals surface area contributed by atoms with Crippen molar-refractivity contribution >= 4 is 29.3 Å². The normalized spacial score (nSPS) is 10.2. The van der Waals surface area contributed by atoms with Gasteiger partial charge < -0.3 is 0 Å². The monoisotopic (exact) mass is 204 g/mol. The Morgan fingerprint density at radius 1 is 1.75 bits per heavy atom. The van der Waals surface area contributed by atoms with Crippen LogP contribution in [-0.2, 0) is 11.3 Å². The molecular weight excluding hydrogens is 196 g/mol. The van der Waals surface area contributed by atoms with Gasteiger partial charge in [-0.25, -0.2) is 5.01 Å². The van der Waals surface area contributed by atoms with E-state index in [2.05, 4.69) is 5.43 Å². The summed E-state index contributed by atoms with van der Waals surface area (Å²) >= 11 is 7.24. The average molecular weight is 205 g/mol. The van der Waals surface area contributed by atoms with Crippen molar-refractivity contribution in [1.82, 2.24) is 10.4 Å². The smallest absolute Gasteiger partial charge is 0.221 e. The molecule has 0 spiro atoms. The number of nitrogens with one attached hydrogen (secondary N) is 1. The topological polar surface area (TPSA) is 32.3 Å². The van der Waals surface area contributed by atoms with Gasteiger partial charge in [0.25, 0.3) is 0 Å². The highest BCUT2D eigenvalue weighted by Crippen LogP contribution is 2.21. The molecule has 0 saturated carbocycles. The predicted octanol–water partition coefficient (Wildman–Crippen LogP) is 1.49. The summed E-state index contributed by atoms with van der Waals surface area (Å²) in [5.74, 6) is 0. The van der Waals surface area contributed by atoms with Crippen LogP contribution in [0.25, 0.3) is 0 Å². The highest BCUT2D eigenvalue weighted by atomic mass is 35.5. The fraction of sp³-hybridized carbons (Fsp3) is 0.286. The van der Waals surface area contributed by atoms with Gasteiger partial charge in [-0.3, -0.25) is 10.2 Å². The molecule has 0 bridgehead atoms. The van der Waals surface area contributed by atoms with Gasteiger partial charge in [0.1, 0.15) is 0 Å². The van der Waals surface area contributed by atoms with Crippen LogP contribution in [0.2, 0.25) is 4.34 Å². The number of thiophene rings is 1. The van der Waals surface area contributed by atoms with E-state index in [1.807, 2.05) is 12.1 Å². The van der Waals surface area contributed by atoms with Crippen LogP contribution >= 0.6 is 22.9 Å². The first-order chi connectivity index (χ1) is 5.72. The summed E-state index contributed by atoms with van der Waals surface area (Å²) in [5.41, 5.74) is 2.52. The van der Waals surface area contributed by atoms with Gasteiger partial charge in [-0.15, -0.1) is 11.3 Å². The summed E-state index contributed by atoms with van der Waals surface area (Å²) in [6.45, 7) is 0.677. The van der Waals surface area contributed by atoms with E-state index < -0.39 is 0 Å². The maximum Gasteiger partial charge on any atom is 0.221 e. The van der Waals surface area contributed by atoms with E-state index in [0.717, 1.165) is 9.21 Å². The third-order valence-electron chi connectivity index (χ3n) is 1.29. The molecule has 5 heteroatoms. The molecule has 66 valence electrons. The number of hydrogen-bond donors (Lipinski definition) is 1. The van der Waals surface area contributed by atoms with Gasteiger partial charge in [-0.1, -0.05) is 11.6 Å². The van der Waals surface area contributed by atoms with E-state index in [9.17, 15) is 4.79 Å². The first kappa shape index (κ1) is 9.51. The van der Waals surface area contributed by atoms with E-state index in [1.54, 1.807) is 12.1 Å². The first-order valence-corrected chi connectivity index (χ1v) is 4.57. The molecule has 1 aromatic rings. The Morgan fingerprint density at radius 3 is 3.00 bits per heavy atom. The molecule has 1 heterocycles. The molecule has 0 fully saturated rings. The van der Waals surface area contributed by atoms with Gasteiger partial charge in [-0.05, 0) is 12.1 Å². The zero-order chi connectivity index (χ0) is 8.97. The van der Waals surface area contributed by atoms with E-state index >= 15 is 0 Å². The van der Waals surface area contributed by atoms with Crippen molar-refractivity contribution in [2.75, 3.05) is 7.05 Å². The highest BCUT2D eigenvalue weighted by molar-refractivity contribution is 7.16. The average Bonchev–Trinajstić information content (AvgIpc) is 2.36. The number of nitrogens with zero attached hydrogens (tertiary/aromatic N) is 1. The Kier molecular flexibility index (Phi) is 3.52. The lowest BCUT2D eigenvalue weighted by molar-refractivity contribution is -0.113. The number of carbonyl (C=O) groups excluding carboxylic acids is 1. The van der Waals surface area contributed by atoms with E-state index in [4.69, 9.17) is 11.6 Å². The van der Waals surface area contributed by atoms with Crippen molar-refractivity contribution < 1.29 is 4.79 Å². The summed E-state index contributed by atoms with van der Waals surface area (Å²) in [5, 5.41) is 1.69. The molecule has 0 unspecified atom stereocenters. The zero-order valence-corrected chi connectivity index (χ0v) is 8.15. The van der Waals surface area contributed by atoms with Crippen LogP contribution < -0.4 is 5.43 Å². The molecule has 0 radical (unpaired) electrons. The number of hydrogen-bond acceptors (Lipinski definition) is 3. The number of amides is 1. The molecule has 0 saturated heterocycles. The highest BCUT2D eigenvalue weighted by Gasteiger charge is 2.00. The van der Waals surface area contributed by atoms with Gasteiger partial charge in [0.05, 0.1) is 10.9 Å². The molecule has 1 rings (SSSR count). The fourth-order valence-corrected chi connectivity index (χ4v) is 1.95. The van der Waals surface area contributed by atoms with Crippen molar-refractivity contribution in [3.05, 3.63) is 21.3 Å². The van der Waals surface area contributed by atoms with Crippen LogP contribution in [0.1, 0.15) is 4.88 Å². The second-order valence-electron chi connectivity index (χ2n) is 2.31. The SMILES string of the molecule is CN(Cc1ccc(Cl)s1)NC=O. The molecule has 0 atom stereocenters. The molecule has 12 heavy (non-hydrogen) atoms. The van der Waals surface area contributed by atoms with Crippen molar-refractivity contribution in [3.8, 4) is 0 Å². The standard InChI is InChI=1S/C7H9ClN2OS/c1-10(9-5-11)4-6-2-3-7(8)12-6/h2-3,5H,4H2,1H3,(H,9,11). The minimum atomic E-state index is 0.648. The van der Waals surface area contributed by atoms with Crippen molar-refractivity contribution in [2.24, 2.45) is 0 Å². The summed E-state index contributed by atoms with van der Waals surface area (Å²) in [7, 11) is 1.79. The summed E-state index contributed by atoms with van der Waals surface area (Å²) in [6.07, 6.45) is 0.648. The largest absolute Gasteiger partial charge is 0.291 e. The second-order valence-corrected chi connectivity index (χ2v) is 4.11. The number of hydrazine groups is 1. The van der Waals surface area contributed by atoms with Crippen molar-refractivity contribution in [3.63, 3.8) is 0 Å². The molecule has 0 aliphatic heterocycles. The van der Waals surface area contributed by atoms with E-state index in [-0.39, 0.29) is 0 Å². The van der Waals surface area contributed by atoms with Gasteiger partial charge >= 0.3 is 0 Å². The van der Waals surface area contributed by atoms with Crippen LogP contribution in [0.5, 0.6) is 0 Å². The minimum absolute atomic E-state index is 0.648. The third kappa shape index (κ3) is 2.81. The Balaban J connectivity index is 2.46. The number of carbonyl (C=O) groups is 1. The van der Waals surface area contributed by atoms with Gasteiger partial charge in [0.15, 0.2) is 0 Å². The number of rotatable bonds is 4. The molecule has 0 aliphatic carbocycles. The minimum Gasteiger partial charge on any atom is -0.291 e. The van der Waals surface area contributed by atoms with Crippen LogP contribution in [0, 0.1) is 0 Å². The lowest BCUT2D eigenvalue weighted by Gasteiger charge is -2.12. The maximum absolute atomic E-state index is 10.0. The lowest BCUT2D eigenvalue weighted by atomic mass is 10.5. The maximum atomic E-state index is 10.0. The fourth-order valence-electron chi connectivity index (χ4n) is 0.806. The Morgan fingerprint density at radius 2 is 2.50 bits per heavy atom. The summed E-state index contributed by atoms with van der Waals surface area (Å²) in [4.78, 5) is 11.2. The quantitative estimate of drug-likeness (QED) is 0.596. The second kappa shape index (κ2) is 4.45. The van der Waals surface area contributed by atoms with E-state index in [0.29, 0.717) is 13.0 Å². The first-order valence-electron chi connectivity index (χ1n) is 3.37. The van der Waals surface area contributed by atoms with Crippen LogP contribution in [0.4, 0.5) is 0 Å². The Hall–Kier alpha value is -0.580. The van der Waals surface area contributed by atoms with Gasteiger partial charge in [-0.2, -0.15) is 0 Å². The van der Waals surface area contributed by atoms with Crippen LogP contribution in [-0.4, -0.2) is 18.5 Å². The molecule has 0 aromatic carbocycles. The number of halogens is 1. The predicted molar refractivity (Wildman–Crippen MR) is 50.0 cm³/mol. The summed E-state index contributed by atoms with van der Waals surface area (Å²) in [6, 6.07) is 3.78. The van der Waals surface area contributed by atoms with Crippen LogP contribution in [0.15, 0.2) is 12.1 Å². The zero-order valence-electron chi connectivity index (χ0n) is 6.58. The molecule has 3 nitrogen and oxygen atoms in total. The van der Waals surface area contributed by atoms with Gasteiger partial charge in [0, 0.05) is 11.9 Å².